The molecule has 246 valence electrons. The van der Waals surface area contributed by atoms with Crippen LogP contribution in [0.2, 0.25) is 0 Å². The predicted molar refractivity (Wildman–Crippen MR) is 169 cm³/mol. The van der Waals surface area contributed by atoms with Gasteiger partial charge in [-0.25, -0.2) is 15.0 Å². The molecule has 1 atom stereocenters. The average Bonchev–Trinajstić information content (AvgIpc) is 3.62. The van der Waals surface area contributed by atoms with E-state index in [-0.39, 0.29) is 11.3 Å². The molecule has 0 saturated carbocycles. The summed E-state index contributed by atoms with van der Waals surface area (Å²) in [5.74, 6) is 0.771. The number of imidazole rings is 1. The van der Waals surface area contributed by atoms with Crippen molar-refractivity contribution in [3.05, 3.63) is 73.1 Å². The summed E-state index contributed by atoms with van der Waals surface area (Å²) >= 11 is 0. The van der Waals surface area contributed by atoms with Gasteiger partial charge < -0.3 is 29.0 Å². The van der Waals surface area contributed by atoms with Gasteiger partial charge in [0.1, 0.15) is 17.6 Å². The molecule has 11 nitrogen and oxygen atoms in total. The molecule has 0 amide bonds. The molecule has 2 fully saturated rings. The van der Waals surface area contributed by atoms with Crippen molar-refractivity contribution in [3.8, 4) is 28.7 Å². The summed E-state index contributed by atoms with van der Waals surface area (Å²) in [5.41, 5.74) is 2.78. The molecule has 2 aliphatic rings. The largest absolute Gasteiger partial charge is 0.494 e. The van der Waals surface area contributed by atoms with Crippen LogP contribution in [-0.2, 0) is 11.3 Å². The number of anilines is 3. The van der Waals surface area contributed by atoms with Crippen molar-refractivity contribution < 1.29 is 27.4 Å². The Morgan fingerprint density at radius 1 is 1.02 bits per heavy atom. The zero-order valence-electron chi connectivity index (χ0n) is 25.9. The topological polar surface area (TPSA) is 114 Å². The fraction of sp³-hybridized carbons (Fsp3) is 0.394. The molecule has 2 aromatic heterocycles. The third kappa shape index (κ3) is 7.75. The highest BCUT2D eigenvalue weighted by Crippen LogP contribution is 2.34. The van der Waals surface area contributed by atoms with Gasteiger partial charge in [-0.15, -0.1) is 0 Å². The van der Waals surface area contributed by atoms with Gasteiger partial charge in [-0.1, -0.05) is 6.07 Å². The molecular formula is C33H35F3N8O3. The number of hydrogen-bond donors (Lipinski definition) is 1. The van der Waals surface area contributed by atoms with Gasteiger partial charge >= 0.3 is 6.18 Å². The number of nitrogens with zero attached hydrogens (tertiary/aromatic N) is 7. The summed E-state index contributed by atoms with van der Waals surface area (Å²) in [4.78, 5) is 17.5. The van der Waals surface area contributed by atoms with Crippen LogP contribution in [0.5, 0.6) is 11.5 Å². The monoisotopic (exact) mass is 648 g/mol. The van der Waals surface area contributed by atoms with Crippen LogP contribution in [0.3, 0.4) is 0 Å². The molecule has 1 unspecified atom stereocenters. The molecule has 2 saturated heterocycles. The number of halogens is 3. The van der Waals surface area contributed by atoms with Crippen LogP contribution in [0.4, 0.5) is 30.5 Å². The Kier molecular flexibility index (Phi) is 9.74. The number of alkyl halides is 3. The van der Waals surface area contributed by atoms with Crippen molar-refractivity contribution in [1.82, 2.24) is 24.4 Å². The van der Waals surface area contributed by atoms with Gasteiger partial charge in [-0.2, -0.15) is 18.4 Å². The van der Waals surface area contributed by atoms with E-state index in [2.05, 4.69) is 30.1 Å². The number of rotatable bonds is 10. The van der Waals surface area contributed by atoms with Gasteiger partial charge in [-0.05, 0) is 42.7 Å². The lowest BCUT2D eigenvalue weighted by Crippen LogP contribution is -2.49. The summed E-state index contributed by atoms with van der Waals surface area (Å²) < 4.78 is 59.4. The van der Waals surface area contributed by atoms with E-state index in [1.807, 2.05) is 24.3 Å². The molecule has 1 N–H and O–H groups in total. The number of nitrogens with one attached hydrogen (secondary N) is 1. The zero-order valence-corrected chi connectivity index (χ0v) is 25.9. The predicted octanol–water partition coefficient (Wildman–Crippen LogP) is 5.27. The lowest BCUT2D eigenvalue weighted by Gasteiger charge is -2.40. The number of aromatic nitrogens is 4. The summed E-state index contributed by atoms with van der Waals surface area (Å²) in [6.45, 7) is 5.03. The molecule has 0 bridgehead atoms. The van der Waals surface area contributed by atoms with Crippen LogP contribution in [0.25, 0.3) is 11.1 Å². The first-order valence-electron chi connectivity index (χ1n) is 15.4. The smallest absolute Gasteiger partial charge is 0.427 e. The first kappa shape index (κ1) is 32.1. The first-order chi connectivity index (χ1) is 22.8. The van der Waals surface area contributed by atoms with Crippen molar-refractivity contribution in [1.29, 1.82) is 5.26 Å². The molecule has 14 heteroatoms. The number of nitriles is 1. The molecule has 2 aromatic carbocycles. The Hall–Kier alpha value is -4.87. The number of methoxy groups -OCH3 is 1. The first-order valence-corrected chi connectivity index (χ1v) is 15.4. The number of hydrogen-bond acceptors (Lipinski definition) is 10. The van der Waals surface area contributed by atoms with Crippen molar-refractivity contribution >= 4 is 17.3 Å². The second kappa shape index (κ2) is 14.3. The summed E-state index contributed by atoms with van der Waals surface area (Å²) in [7, 11) is 1.61. The van der Waals surface area contributed by atoms with Gasteiger partial charge in [-0.3, -0.25) is 4.90 Å². The van der Waals surface area contributed by atoms with Crippen LogP contribution in [0, 0.1) is 11.3 Å². The van der Waals surface area contributed by atoms with E-state index in [0.717, 1.165) is 57.9 Å². The van der Waals surface area contributed by atoms with E-state index in [1.165, 1.54) is 35.4 Å². The van der Waals surface area contributed by atoms with Crippen molar-refractivity contribution in [3.63, 3.8) is 0 Å². The Bertz CT molecular complexity index is 1660. The Balaban J connectivity index is 1.12. The average molecular weight is 649 g/mol. The number of benzene rings is 2. The van der Waals surface area contributed by atoms with Crippen LogP contribution in [-0.4, -0.2) is 89.2 Å². The van der Waals surface area contributed by atoms with E-state index >= 15 is 0 Å². The van der Waals surface area contributed by atoms with Gasteiger partial charge in [0.25, 0.3) is 0 Å². The van der Waals surface area contributed by atoms with E-state index in [0.29, 0.717) is 34.6 Å². The van der Waals surface area contributed by atoms with Crippen LogP contribution in [0.1, 0.15) is 18.4 Å². The fourth-order valence-electron chi connectivity index (χ4n) is 5.91. The van der Waals surface area contributed by atoms with Crippen molar-refractivity contribution in [2.24, 2.45) is 0 Å². The molecule has 0 radical (unpaired) electrons. The molecule has 4 aromatic rings. The summed E-state index contributed by atoms with van der Waals surface area (Å²) in [6, 6.07) is 12.9. The summed E-state index contributed by atoms with van der Waals surface area (Å²) in [6.07, 6.45) is 2.50. The molecule has 0 spiro atoms. The maximum atomic E-state index is 13.8. The Morgan fingerprint density at radius 3 is 2.45 bits per heavy atom. The Morgan fingerprint density at radius 2 is 1.79 bits per heavy atom. The minimum Gasteiger partial charge on any atom is -0.494 e. The molecule has 2 aliphatic heterocycles. The minimum absolute atomic E-state index is 0.0233. The molecular weight excluding hydrogens is 613 g/mol. The number of ether oxygens (including phenoxy) is 3. The zero-order chi connectivity index (χ0) is 32.8. The van der Waals surface area contributed by atoms with Crippen molar-refractivity contribution in [2.45, 2.75) is 37.7 Å². The maximum Gasteiger partial charge on any atom is 0.427 e. The molecule has 47 heavy (non-hydrogen) atoms. The van der Waals surface area contributed by atoms with E-state index in [1.54, 1.807) is 25.6 Å². The second-order valence-corrected chi connectivity index (χ2v) is 11.4. The van der Waals surface area contributed by atoms with Gasteiger partial charge in [0.05, 0.1) is 44.4 Å². The second-order valence-electron chi connectivity index (χ2n) is 11.4. The molecule has 4 heterocycles. The fourth-order valence-corrected chi connectivity index (χ4v) is 5.91. The van der Waals surface area contributed by atoms with Gasteiger partial charge in [0, 0.05) is 74.3 Å². The SMILES string of the molecule is COc1cc(N2CCC(N3CCOCC3)CC2)ccc1Nc1ncc(-c2ccc(C#N)c(OC(Cn3ccnc3)C(F)(F)F)c2)cn1. The third-order valence-electron chi connectivity index (χ3n) is 8.48. The van der Waals surface area contributed by atoms with E-state index in [4.69, 9.17) is 14.2 Å². The van der Waals surface area contributed by atoms with Crippen LogP contribution < -0.4 is 19.7 Å². The third-order valence-corrected chi connectivity index (χ3v) is 8.48. The number of piperidine rings is 1. The highest BCUT2D eigenvalue weighted by Gasteiger charge is 2.42. The quantitative estimate of drug-likeness (QED) is 0.244. The molecule has 0 aliphatic carbocycles. The molecule has 6 rings (SSSR count). The lowest BCUT2D eigenvalue weighted by atomic mass is 10.0. The van der Waals surface area contributed by atoms with Crippen LogP contribution >= 0.6 is 0 Å². The maximum absolute atomic E-state index is 13.8. The standard InChI is InChI=1S/C33H35F3N8O3/c1-45-30-17-27(43-9-6-26(7-10-43)44-12-14-46-15-13-44)4-5-28(30)41-32-39-19-25(20-40-32)23-2-3-24(18-37)29(16-23)47-31(33(34,35)36)21-42-11-8-38-22-42/h2-5,8,11,16-17,19-20,22,26,31H,6-7,9-10,12-15,21H2,1H3,(H,39,40,41). The van der Waals surface area contributed by atoms with Crippen molar-refractivity contribution in [2.75, 3.05) is 56.7 Å². The minimum atomic E-state index is -4.68. The van der Waals surface area contributed by atoms with Gasteiger partial charge in [0.2, 0.25) is 12.1 Å². The highest BCUT2D eigenvalue weighted by atomic mass is 19.4. The van der Waals surface area contributed by atoms with Crippen LogP contribution in [0.15, 0.2) is 67.5 Å². The van der Waals surface area contributed by atoms with E-state index in [9.17, 15) is 18.4 Å². The lowest BCUT2D eigenvalue weighted by molar-refractivity contribution is -0.198. The highest BCUT2D eigenvalue weighted by molar-refractivity contribution is 5.70. The number of morpholine rings is 1. The Labute approximate surface area is 270 Å². The normalized spacial score (nSPS) is 16.8. The van der Waals surface area contributed by atoms with Gasteiger partial charge in [0.15, 0.2) is 0 Å². The van der Waals surface area contributed by atoms with E-state index < -0.39 is 18.8 Å². The summed E-state index contributed by atoms with van der Waals surface area (Å²) in [5, 5.41) is 12.7.